The van der Waals surface area contributed by atoms with Crippen LogP contribution in [0.15, 0.2) is 46.9 Å². The van der Waals surface area contributed by atoms with Crippen molar-refractivity contribution in [3.63, 3.8) is 0 Å². The topological polar surface area (TPSA) is 85.8 Å². The molecule has 3 rings (SSSR count). The van der Waals surface area contributed by atoms with Gasteiger partial charge in [0.25, 0.3) is 0 Å². The number of halogens is 1. The van der Waals surface area contributed by atoms with Crippen molar-refractivity contribution in [1.29, 1.82) is 0 Å². The molecule has 0 atom stereocenters. The second-order valence-electron chi connectivity index (χ2n) is 4.47. The molecule has 0 fully saturated rings. The van der Waals surface area contributed by atoms with Gasteiger partial charge >= 0.3 is 0 Å². The number of hydrogen-bond acceptors (Lipinski definition) is 6. The first kappa shape index (κ1) is 15.9. The predicted octanol–water partition coefficient (Wildman–Crippen LogP) is 3.10. The summed E-state index contributed by atoms with van der Waals surface area (Å²) >= 11 is 8.74. The highest BCUT2D eigenvalue weighted by molar-refractivity contribution is 7.99. The van der Waals surface area contributed by atoms with Gasteiger partial charge in [-0.2, -0.15) is 0 Å². The van der Waals surface area contributed by atoms with E-state index in [-0.39, 0.29) is 11.7 Å². The minimum absolute atomic E-state index is 0.158. The molecule has 0 unspecified atom stereocenters. The van der Waals surface area contributed by atoms with Crippen LogP contribution in [0.5, 0.6) is 0 Å². The van der Waals surface area contributed by atoms with Gasteiger partial charge in [-0.1, -0.05) is 41.6 Å². The predicted molar refractivity (Wildman–Crippen MR) is 94.3 cm³/mol. The summed E-state index contributed by atoms with van der Waals surface area (Å²) in [6.45, 7) is 0. The zero-order chi connectivity index (χ0) is 16.2. The summed E-state index contributed by atoms with van der Waals surface area (Å²) < 4.78 is 1.39. The van der Waals surface area contributed by atoms with Gasteiger partial charge in [-0.3, -0.25) is 4.79 Å². The van der Waals surface area contributed by atoms with Gasteiger partial charge in [0, 0.05) is 0 Å². The number of carbonyl (C=O) groups excluding carboxylic acids is 1. The van der Waals surface area contributed by atoms with Crippen LogP contribution in [0.4, 0.5) is 5.69 Å². The number of rotatable bonds is 5. The molecule has 23 heavy (non-hydrogen) atoms. The zero-order valence-corrected chi connectivity index (χ0v) is 14.2. The lowest BCUT2D eigenvalue weighted by Gasteiger charge is -2.06. The maximum Gasteiger partial charge on any atom is 0.234 e. The molecular weight excluding hydrogens is 354 g/mol. The van der Waals surface area contributed by atoms with Crippen LogP contribution in [0.1, 0.15) is 0 Å². The van der Waals surface area contributed by atoms with E-state index in [1.807, 2.05) is 17.5 Å². The lowest BCUT2D eigenvalue weighted by molar-refractivity contribution is -0.113. The van der Waals surface area contributed by atoms with Crippen LogP contribution in [0.25, 0.3) is 10.7 Å². The third-order valence-electron chi connectivity index (χ3n) is 2.89. The van der Waals surface area contributed by atoms with Gasteiger partial charge < -0.3 is 11.2 Å². The summed E-state index contributed by atoms with van der Waals surface area (Å²) in [5.74, 6) is 6.53. The second kappa shape index (κ2) is 7.03. The Hall–Kier alpha value is -2.03. The monoisotopic (exact) mass is 365 g/mol. The second-order valence-corrected chi connectivity index (χ2v) is 6.77. The Morgan fingerprint density at radius 1 is 1.30 bits per heavy atom. The average molecular weight is 366 g/mol. The van der Waals surface area contributed by atoms with Crippen molar-refractivity contribution < 1.29 is 4.79 Å². The maximum absolute atomic E-state index is 12.0. The van der Waals surface area contributed by atoms with E-state index in [0.717, 1.165) is 4.88 Å². The number of hydrogen-bond donors (Lipinski definition) is 2. The molecular formula is C14H12ClN5OS2. The van der Waals surface area contributed by atoms with E-state index in [1.165, 1.54) is 27.8 Å². The van der Waals surface area contributed by atoms with Gasteiger partial charge in [-0.25, -0.2) is 4.68 Å². The number of nitrogens with zero attached hydrogens (tertiary/aromatic N) is 3. The fraction of sp³-hybridized carbons (Fsp3) is 0.0714. The molecule has 0 aliphatic carbocycles. The number of nitrogen functional groups attached to an aromatic ring is 1. The highest BCUT2D eigenvalue weighted by Gasteiger charge is 2.14. The standard InChI is InChI=1S/C14H12ClN5OS2/c15-9-4-1-2-5-10(9)17-12(21)8-23-14-19-18-13(20(14)16)11-6-3-7-22-11/h1-7H,8,16H2,(H,17,21). The summed E-state index contributed by atoms with van der Waals surface area (Å²) in [5.41, 5.74) is 0.577. The van der Waals surface area contributed by atoms with E-state index in [0.29, 0.717) is 21.7 Å². The molecule has 9 heteroatoms. The van der Waals surface area contributed by atoms with Crippen LogP contribution < -0.4 is 11.2 Å². The first-order chi connectivity index (χ1) is 11.1. The van der Waals surface area contributed by atoms with Crippen molar-refractivity contribution in [2.45, 2.75) is 5.16 Å². The molecule has 0 radical (unpaired) electrons. The molecule has 0 spiro atoms. The first-order valence-corrected chi connectivity index (χ1v) is 8.81. The lowest BCUT2D eigenvalue weighted by Crippen LogP contribution is -2.16. The van der Waals surface area contributed by atoms with Crippen molar-refractivity contribution in [2.75, 3.05) is 16.9 Å². The Kier molecular flexibility index (Phi) is 4.85. The fourth-order valence-electron chi connectivity index (χ4n) is 1.83. The Morgan fingerprint density at radius 3 is 2.87 bits per heavy atom. The molecule has 3 aromatic rings. The van der Waals surface area contributed by atoms with E-state index in [1.54, 1.807) is 24.3 Å². The number of benzene rings is 1. The molecule has 6 nitrogen and oxygen atoms in total. The summed E-state index contributed by atoms with van der Waals surface area (Å²) in [6.07, 6.45) is 0. The third kappa shape index (κ3) is 3.66. The summed E-state index contributed by atoms with van der Waals surface area (Å²) in [5, 5.41) is 13.7. The SMILES string of the molecule is Nn1c(SCC(=O)Nc2ccccc2Cl)nnc1-c1cccs1. The fourth-order valence-corrected chi connectivity index (χ4v) is 3.37. The van der Waals surface area contributed by atoms with Crippen LogP contribution in [-0.4, -0.2) is 26.5 Å². The minimum atomic E-state index is -0.191. The van der Waals surface area contributed by atoms with Crippen LogP contribution >= 0.6 is 34.7 Å². The summed E-state index contributed by atoms with van der Waals surface area (Å²) in [6, 6.07) is 10.9. The smallest absolute Gasteiger partial charge is 0.234 e. The molecule has 1 amide bonds. The van der Waals surface area contributed by atoms with E-state index >= 15 is 0 Å². The number of aromatic nitrogens is 3. The number of nitrogens with two attached hydrogens (primary N) is 1. The molecule has 0 aliphatic heterocycles. The highest BCUT2D eigenvalue weighted by atomic mass is 35.5. The zero-order valence-electron chi connectivity index (χ0n) is 11.8. The Morgan fingerprint density at radius 2 is 2.13 bits per heavy atom. The van der Waals surface area contributed by atoms with Gasteiger partial charge in [-0.05, 0) is 23.6 Å². The number of anilines is 1. The molecule has 3 N–H and O–H groups in total. The van der Waals surface area contributed by atoms with Crippen LogP contribution in [-0.2, 0) is 4.79 Å². The largest absolute Gasteiger partial charge is 0.335 e. The van der Waals surface area contributed by atoms with E-state index in [9.17, 15) is 4.79 Å². The lowest BCUT2D eigenvalue weighted by atomic mass is 10.3. The Bertz CT molecular complexity index is 818. The Labute approximate surface area is 145 Å². The van der Waals surface area contributed by atoms with E-state index in [4.69, 9.17) is 17.4 Å². The van der Waals surface area contributed by atoms with Crippen LogP contribution in [0, 0.1) is 0 Å². The quantitative estimate of drug-likeness (QED) is 0.536. The molecule has 2 heterocycles. The summed E-state index contributed by atoms with van der Waals surface area (Å²) in [7, 11) is 0. The van der Waals surface area contributed by atoms with Crippen molar-refractivity contribution >= 4 is 46.3 Å². The molecule has 0 saturated carbocycles. The van der Waals surface area contributed by atoms with Gasteiger partial charge in [0.2, 0.25) is 11.1 Å². The normalized spacial score (nSPS) is 10.7. The molecule has 0 bridgehead atoms. The van der Waals surface area contributed by atoms with Crippen LogP contribution in [0.2, 0.25) is 5.02 Å². The van der Waals surface area contributed by atoms with Gasteiger partial charge in [0.1, 0.15) is 0 Å². The minimum Gasteiger partial charge on any atom is -0.335 e. The van der Waals surface area contributed by atoms with Crippen molar-refractivity contribution in [1.82, 2.24) is 14.9 Å². The average Bonchev–Trinajstić information content (AvgIpc) is 3.17. The van der Waals surface area contributed by atoms with E-state index < -0.39 is 0 Å². The van der Waals surface area contributed by atoms with Gasteiger partial charge in [-0.15, -0.1) is 21.5 Å². The molecule has 1 aromatic carbocycles. The van der Waals surface area contributed by atoms with Crippen molar-refractivity contribution in [3.05, 3.63) is 46.8 Å². The highest BCUT2D eigenvalue weighted by Crippen LogP contribution is 2.25. The Balaban J connectivity index is 1.63. The summed E-state index contributed by atoms with van der Waals surface area (Å²) in [4.78, 5) is 12.9. The van der Waals surface area contributed by atoms with Gasteiger partial charge in [0.05, 0.1) is 21.3 Å². The number of para-hydroxylation sites is 1. The maximum atomic E-state index is 12.0. The molecule has 0 aliphatic rings. The van der Waals surface area contributed by atoms with Crippen molar-refractivity contribution in [3.8, 4) is 10.7 Å². The van der Waals surface area contributed by atoms with Crippen molar-refractivity contribution in [2.24, 2.45) is 0 Å². The number of thioether (sulfide) groups is 1. The number of amides is 1. The first-order valence-electron chi connectivity index (χ1n) is 6.56. The molecule has 2 aromatic heterocycles. The number of carbonyl (C=O) groups is 1. The molecule has 0 saturated heterocycles. The van der Waals surface area contributed by atoms with Crippen LogP contribution in [0.3, 0.4) is 0 Å². The van der Waals surface area contributed by atoms with E-state index in [2.05, 4.69) is 15.5 Å². The number of thiophene rings is 1. The number of nitrogens with one attached hydrogen (secondary N) is 1. The van der Waals surface area contributed by atoms with Gasteiger partial charge in [0.15, 0.2) is 5.82 Å². The third-order valence-corrected chi connectivity index (χ3v) is 5.02. The molecule has 118 valence electrons.